The van der Waals surface area contributed by atoms with Crippen molar-refractivity contribution in [1.29, 1.82) is 0 Å². The lowest BCUT2D eigenvalue weighted by atomic mass is 10.0. The molecule has 0 aromatic heterocycles. The number of rotatable bonds is 8. The third kappa shape index (κ3) is 5.95. The summed E-state index contributed by atoms with van der Waals surface area (Å²) in [6.45, 7) is 10.3. The first-order valence-corrected chi connectivity index (χ1v) is 10.0. The lowest BCUT2D eigenvalue weighted by molar-refractivity contribution is -0.140. The Morgan fingerprint density at radius 3 is 2.36 bits per heavy atom. The van der Waals surface area contributed by atoms with Gasteiger partial charge >= 0.3 is 0 Å². The van der Waals surface area contributed by atoms with Crippen molar-refractivity contribution in [3.05, 3.63) is 70.8 Å². The van der Waals surface area contributed by atoms with Crippen LogP contribution in [0.3, 0.4) is 0 Å². The van der Waals surface area contributed by atoms with Gasteiger partial charge in [0.1, 0.15) is 6.04 Å². The van der Waals surface area contributed by atoms with Gasteiger partial charge in [-0.25, -0.2) is 0 Å². The summed E-state index contributed by atoms with van der Waals surface area (Å²) in [6, 6.07) is 15.5. The van der Waals surface area contributed by atoms with Gasteiger partial charge in [0.25, 0.3) is 0 Å². The molecule has 2 aromatic rings. The van der Waals surface area contributed by atoms with Crippen LogP contribution in [0.15, 0.2) is 48.5 Å². The SMILES string of the molecule is CC[C@@H](C)NC(=O)[C@@H](C)N(Cc1ccccc1)C(=O)Cc1cc(C)ccc1C. The van der Waals surface area contributed by atoms with Gasteiger partial charge in [-0.2, -0.15) is 0 Å². The molecule has 150 valence electrons. The highest BCUT2D eigenvalue weighted by molar-refractivity contribution is 5.88. The van der Waals surface area contributed by atoms with Crippen LogP contribution in [0.25, 0.3) is 0 Å². The van der Waals surface area contributed by atoms with Crippen LogP contribution < -0.4 is 5.32 Å². The van der Waals surface area contributed by atoms with Gasteiger partial charge < -0.3 is 10.2 Å². The van der Waals surface area contributed by atoms with Crippen molar-refractivity contribution in [3.8, 4) is 0 Å². The summed E-state index contributed by atoms with van der Waals surface area (Å²) in [7, 11) is 0. The zero-order valence-electron chi connectivity index (χ0n) is 17.7. The summed E-state index contributed by atoms with van der Waals surface area (Å²) in [5.41, 5.74) is 4.25. The van der Waals surface area contributed by atoms with E-state index in [1.165, 1.54) is 0 Å². The molecule has 0 bridgehead atoms. The third-order valence-corrected chi connectivity index (χ3v) is 5.21. The van der Waals surface area contributed by atoms with E-state index in [2.05, 4.69) is 11.4 Å². The van der Waals surface area contributed by atoms with Gasteiger partial charge in [-0.3, -0.25) is 9.59 Å². The standard InChI is InChI=1S/C24H32N2O2/c1-6-19(4)25-24(28)20(5)26(16-21-10-8-7-9-11-21)23(27)15-22-14-17(2)12-13-18(22)3/h7-14,19-20H,6,15-16H2,1-5H3,(H,25,28)/t19-,20-/m1/s1. The van der Waals surface area contributed by atoms with Crippen molar-refractivity contribution in [2.24, 2.45) is 0 Å². The molecule has 0 unspecified atom stereocenters. The largest absolute Gasteiger partial charge is 0.352 e. The van der Waals surface area contributed by atoms with Gasteiger partial charge in [-0.1, -0.05) is 61.0 Å². The fourth-order valence-corrected chi connectivity index (χ4v) is 3.08. The van der Waals surface area contributed by atoms with E-state index in [0.29, 0.717) is 13.0 Å². The number of aryl methyl sites for hydroxylation is 2. The summed E-state index contributed by atoms with van der Waals surface area (Å²) >= 11 is 0. The Balaban J connectivity index is 2.24. The van der Waals surface area contributed by atoms with Gasteiger partial charge in [0.15, 0.2) is 0 Å². The molecule has 0 saturated carbocycles. The number of nitrogens with one attached hydrogen (secondary N) is 1. The average molecular weight is 381 g/mol. The van der Waals surface area contributed by atoms with Crippen LogP contribution in [0.4, 0.5) is 0 Å². The lowest BCUT2D eigenvalue weighted by Gasteiger charge is -2.30. The molecule has 0 fully saturated rings. The van der Waals surface area contributed by atoms with Gasteiger partial charge in [0, 0.05) is 12.6 Å². The zero-order valence-corrected chi connectivity index (χ0v) is 17.7. The van der Waals surface area contributed by atoms with Crippen LogP contribution in [-0.4, -0.2) is 28.8 Å². The summed E-state index contributed by atoms with van der Waals surface area (Å²) in [5.74, 6) is -0.149. The summed E-state index contributed by atoms with van der Waals surface area (Å²) in [4.78, 5) is 27.6. The normalized spacial score (nSPS) is 12.9. The first-order valence-electron chi connectivity index (χ1n) is 10.0. The second-order valence-corrected chi connectivity index (χ2v) is 7.61. The van der Waals surface area contributed by atoms with E-state index in [-0.39, 0.29) is 17.9 Å². The van der Waals surface area contributed by atoms with Gasteiger partial charge in [0.05, 0.1) is 6.42 Å². The molecule has 0 saturated heterocycles. The Hall–Kier alpha value is -2.62. The van der Waals surface area contributed by atoms with E-state index >= 15 is 0 Å². The Bertz CT molecular complexity index is 802. The molecule has 0 spiro atoms. The first kappa shape index (κ1) is 21.7. The number of benzene rings is 2. The molecule has 2 atom stereocenters. The Kier molecular flexibility index (Phi) is 7.80. The molecule has 2 amide bonds. The second kappa shape index (κ2) is 10.1. The van der Waals surface area contributed by atoms with E-state index in [1.807, 2.05) is 77.1 Å². The van der Waals surface area contributed by atoms with Gasteiger partial charge in [-0.05, 0) is 50.8 Å². The van der Waals surface area contributed by atoms with Gasteiger partial charge in [0.2, 0.25) is 11.8 Å². The molecule has 1 N–H and O–H groups in total. The molecule has 4 nitrogen and oxygen atoms in total. The molecule has 0 aliphatic rings. The molecule has 2 rings (SSSR count). The Labute approximate surface area is 169 Å². The van der Waals surface area contributed by atoms with Gasteiger partial charge in [-0.15, -0.1) is 0 Å². The van der Waals surface area contributed by atoms with Crippen LogP contribution in [0.1, 0.15) is 49.4 Å². The molecule has 2 aromatic carbocycles. The van der Waals surface area contributed by atoms with Crippen molar-refractivity contribution < 1.29 is 9.59 Å². The van der Waals surface area contributed by atoms with Crippen LogP contribution >= 0.6 is 0 Å². The maximum atomic E-state index is 13.2. The minimum atomic E-state index is -0.535. The van der Waals surface area contributed by atoms with E-state index in [4.69, 9.17) is 0 Å². The van der Waals surface area contributed by atoms with E-state index in [0.717, 1.165) is 28.7 Å². The summed E-state index contributed by atoms with van der Waals surface area (Å²) in [5, 5.41) is 3.00. The average Bonchev–Trinajstić information content (AvgIpc) is 2.68. The molecule has 28 heavy (non-hydrogen) atoms. The maximum absolute atomic E-state index is 13.2. The smallest absolute Gasteiger partial charge is 0.242 e. The molecule has 0 radical (unpaired) electrons. The van der Waals surface area contributed by atoms with Crippen molar-refractivity contribution in [2.75, 3.05) is 0 Å². The summed E-state index contributed by atoms with van der Waals surface area (Å²) in [6.07, 6.45) is 1.15. The fourth-order valence-electron chi connectivity index (χ4n) is 3.08. The number of carbonyl (C=O) groups excluding carboxylic acids is 2. The highest BCUT2D eigenvalue weighted by Crippen LogP contribution is 2.16. The molecule has 0 aliphatic heterocycles. The van der Waals surface area contributed by atoms with Crippen molar-refractivity contribution >= 4 is 11.8 Å². The molecule has 0 heterocycles. The topological polar surface area (TPSA) is 49.4 Å². The minimum absolute atomic E-state index is 0.0376. The predicted octanol–water partition coefficient (Wildman–Crippen LogP) is 4.18. The maximum Gasteiger partial charge on any atom is 0.242 e. The van der Waals surface area contributed by atoms with Crippen LogP contribution in [-0.2, 0) is 22.6 Å². The zero-order chi connectivity index (χ0) is 20.7. The van der Waals surface area contributed by atoms with Crippen LogP contribution in [0.2, 0.25) is 0 Å². The van der Waals surface area contributed by atoms with E-state index < -0.39 is 6.04 Å². The van der Waals surface area contributed by atoms with Crippen LogP contribution in [0, 0.1) is 13.8 Å². The summed E-state index contributed by atoms with van der Waals surface area (Å²) < 4.78 is 0. The quantitative estimate of drug-likeness (QED) is 0.747. The highest BCUT2D eigenvalue weighted by Gasteiger charge is 2.27. The molecular formula is C24H32N2O2. The number of nitrogens with zero attached hydrogens (tertiary/aromatic N) is 1. The van der Waals surface area contributed by atoms with Crippen molar-refractivity contribution in [3.63, 3.8) is 0 Å². The Morgan fingerprint density at radius 2 is 1.71 bits per heavy atom. The molecule has 4 heteroatoms. The first-order chi connectivity index (χ1) is 13.3. The van der Waals surface area contributed by atoms with Crippen LogP contribution in [0.5, 0.6) is 0 Å². The van der Waals surface area contributed by atoms with E-state index in [9.17, 15) is 9.59 Å². The lowest BCUT2D eigenvalue weighted by Crippen LogP contribution is -2.49. The number of carbonyl (C=O) groups is 2. The number of amides is 2. The number of hydrogen-bond donors (Lipinski definition) is 1. The predicted molar refractivity (Wildman–Crippen MR) is 114 cm³/mol. The molecular weight excluding hydrogens is 348 g/mol. The van der Waals surface area contributed by atoms with E-state index in [1.54, 1.807) is 4.90 Å². The minimum Gasteiger partial charge on any atom is -0.352 e. The Morgan fingerprint density at radius 1 is 1.04 bits per heavy atom. The molecule has 0 aliphatic carbocycles. The van der Waals surface area contributed by atoms with Crippen molar-refractivity contribution in [1.82, 2.24) is 10.2 Å². The fraction of sp³-hybridized carbons (Fsp3) is 0.417. The number of hydrogen-bond acceptors (Lipinski definition) is 2. The monoisotopic (exact) mass is 380 g/mol. The second-order valence-electron chi connectivity index (χ2n) is 7.61. The highest BCUT2D eigenvalue weighted by atomic mass is 16.2. The van der Waals surface area contributed by atoms with Crippen molar-refractivity contribution in [2.45, 2.75) is 66.1 Å². The third-order valence-electron chi connectivity index (χ3n) is 5.21.